The fourth-order valence-corrected chi connectivity index (χ4v) is 4.24. The molecule has 3 rings (SSSR count). The molecule has 0 unspecified atom stereocenters. The van der Waals surface area contributed by atoms with Crippen molar-refractivity contribution in [3.63, 3.8) is 0 Å². The van der Waals surface area contributed by atoms with Gasteiger partial charge < -0.3 is 14.8 Å². The molecule has 8 nitrogen and oxygen atoms in total. The number of rotatable bonds is 8. The predicted octanol–water partition coefficient (Wildman–Crippen LogP) is 3.62. The van der Waals surface area contributed by atoms with Crippen LogP contribution in [0.1, 0.15) is 0 Å². The molecule has 1 amide bonds. The molecule has 0 atom stereocenters. The molecule has 1 aromatic heterocycles. The number of carbonyl (C=O) groups is 1. The molecule has 2 aromatic carbocycles. The molecule has 1 heterocycles. The van der Waals surface area contributed by atoms with Crippen molar-refractivity contribution in [3.05, 3.63) is 59.1 Å². The van der Waals surface area contributed by atoms with Crippen LogP contribution in [0, 0.1) is 0 Å². The highest BCUT2D eigenvalue weighted by molar-refractivity contribution is 7.93. The van der Waals surface area contributed by atoms with Crippen molar-refractivity contribution >= 4 is 49.7 Å². The number of anilines is 2. The molecule has 0 aliphatic heterocycles. The maximum absolute atomic E-state index is 12.3. The summed E-state index contributed by atoms with van der Waals surface area (Å²) in [5.41, 5.74) is 0.424. The molecule has 152 valence electrons. The van der Waals surface area contributed by atoms with Crippen molar-refractivity contribution in [2.75, 3.05) is 23.8 Å². The molecule has 0 fully saturated rings. The van der Waals surface area contributed by atoms with Crippen molar-refractivity contribution < 1.29 is 22.7 Å². The topological polar surface area (TPSA) is 107 Å². The van der Waals surface area contributed by atoms with Crippen molar-refractivity contribution in [3.8, 4) is 11.5 Å². The maximum Gasteiger partial charge on any atom is 0.263 e. The zero-order chi connectivity index (χ0) is 20.9. The van der Waals surface area contributed by atoms with Gasteiger partial charge in [-0.2, -0.15) is 0 Å². The average molecular weight is 454 g/mol. The number of thiazole rings is 1. The molecule has 0 spiro atoms. The summed E-state index contributed by atoms with van der Waals surface area (Å²) in [6, 6.07) is 10.6. The van der Waals surface area contributed by atoms with Crippen LogP contribution in [0.3, 0.4) is 0 Å². The van der Waals surface area contributed by atoms with E-state index in [0.717, 1.165) is 0 Å². The van der Waals surface area contributed by atoms with Gasteiger partial charge in [0.15, 0.2) is 11.7 Å². The number of hydrogen-bond acceptors (Lipinski definition) is 7. The Balaban J connectivity index is 1.57. The Morgan fingerprint density at radius 2 is 1.97 bits per heavy atom. The number of carbonyl (C=O) groups excluding carboxylic acids is 1. The first-order valence-corrected chi connectivity index (χ1v) is 10.9. The number of nitrogens with zero attached hydrogens (tertiary/aromatic N) is 1. The quantitative estimate of drug-likeness (QED) is 0.539. The Morgan fingerprint density at radius 3 is 2.59 bits per heavy atom. The number of benzene rings is 2. The molecule has 29 heavy (non-hydrogen) atoms. The van der Waals surface area contributed by atoms with Crippen LogP contribution in [0.2, 0.25) is 5.02 Å². The van der Waals surface area contributed by atoms with Gasteiger partial charge in [0, 0.05) is 23.3 Å². The minimum Gasteiger partial charge on any atom is -0.497 e. The molecule has 2 N–H and O–H groups in total. The number of methoxy groups -OCH3 is 1. The van der Waals surface area contributed by atoms with Gasteiger partial charge in [-0.25, -0.2) is 13.4 Å². The molecule has 0 aliphatic rings. The molecule has 0 bridgehead atoms. The van der Waals surface area contributed by atoms with Gasteiger partial charge in [-0.3, -0.25) is 9.52 Å². The first-order valence-electron chi connectivity index (χ1n) is 8.16. The summed E-state index contributed by atoms with van der Waals surface area (Å²) >= 11 is 7.23. The van der Waals surface area contributed by atoms with Gasteiger partial charge in [0.05, 0.1) is 17.0 Å². The smallest absolute Gasteiger partial charge is 0.263 e. The van der Waals surface area contributed by atoms with E-state index in [1.165, 1.54) is 48.9 Å². The van der Waals surface area contributed by atoms with Gasteiger partial charge in [-0.05, 0) is 36.4 Å². The third-order valence-corrected chi connectivity index (χ3v) is 6.07. The Labute approximate surface area is 176 Å². The lowest BCUT2D eigenvalue weighted by atomic mass is 10.3. The van der Waals surface area contributed by atoms with Crippen LogP contribution in [0.25, 0.3) is 0 Å². The van der Waals surface area contributed by atoms with Crippen LogP contribution in [-0.4, -0.2) is 33.0 Å². The Kier molecular flexibility index (Phi) is 6.57. The minimum atomic E-state index is -3.75. The normalized spacial score (nSPS) is 11.0. The second kappa shape index (κ2) is 9.12. The van der Waals surface area contributed by atoms with Crippen LogP contribution in [0.4, 0.5) is 10.8 Å². The van der Waals surface area contributed by atoms with Gasteiger partial charge in [0.2, 0.25) is 0 Å². The molecule has 0 aliphatic carbocycles. The van der Waals surface area contributed by atoms with E-state index < -0.39 is 15.9 Å². The Morgan fingerprint density at radius 1 is 1.21 bits per heavy atom. The van der Waals surface area contributed by atoms with E-state index in [1.807, 2.05) is 0 Å². The third kappa shape index (κ3) is 5.59. The molecule has 0 saturated carbocycles. The molecule has 11 heteroatoms. The number of halogens is 1. The number of sulfonamides is 1. The van der Waals surface area contributed by atoms with Crippen LogP contribution in [0.5, 0.6) is 11.5 Å². The lowest BCUT2D eigenvalue weighted by molar-refractivity contribution is -0.118. The summed E-state index contributed by atoms with van der Waals surface area (Å²) in [6.07, 6.45) is 1.50. The zero-order valence-electron chi connectivity index (χ0n) is 15.1. The Bertz CT molecular complexity index is 1090. The average Bonchev–Trinajstić information content (AvgIpc) is 3.19. The molecular weight excluding hydrogens is 438 g/mol. The second-order valence-corrected chi connectivity index (χ2v) is 8.58. The zero-order valence-corrected chi connectivity index (χ0v) is 17.5. The molecule has 0 radical (unpaired) electrons. The second-order valence-electron chi connectivity index (χ2n) is 5.60. The van der Waals surface area contributed by atoms with Crippen molar-refractivity contribution in [2.24, 2.45) is 0 Å². The highest BCUT2D eigenvalue weighted by Gasteiger charge is 2.15. The van der Waals surface area contributed by atoms with Crippen LogP contribution >= 0.6 is 22.9 Å². The summed E-state index contributed by atoms with van der Waals surface area (Å²) < 4.78 is 37.4. The summed E-state index contributed by atoms with van der Waals surface area (Å²) in [6.45, 7) is -0.266. The monoisotopic (exact) mass is 453 g/mol. The highest BCUT2D eigenvalue weighted by Crippen LogP contribution is 2.28. The van der Waals surface area contributed by atoms with E-state index in [1.54, 1.807) is 23.6 Å². The molecule has 3 aromatic rings. The first kappa shape index (κ1) is 20.9. The van der Waals surface area contributed by atoms with Gasteiger partial charge in [0.25, 0.3) is 15.9 Å². The van der Waals surface area contributed by atoms with Crippen molar-refractivity contribution in [1.82, 2.24) is 4.98 Å². The van der Waals surface area contributed by atoms with E-state index in [9.17, 15) is 13.2 Å². The largest absolute Gasteiger partial charge is 0.497 e. The fourth-order valence-electron chi connectivity index (χ4n) is 2.23. The van der Waals surface area contributed by atoms with Crippen LogP contribution in [0.15, 0.2) is 58.9 Å². The van der Waals surface area contributed by atoms with E-state index in [-0.39, 0.29) is 16.6 Å². The van der Waals surface area contributed by atoms with Gasteiger partial charge >= 0.3 is 0 Å². The fraction of sp³-hybridized carbons (Fsp3) is 0.111. The summed E-state index contributed by atoms with van der Waals surface area (Å²) in [5.74, 6) is 0.497. The van der Waals surface area contributed by atoms with Gasteiger partial charge in [0.1, 0.15) is 11.5 Å². The third-order valence-electron chi connectivity index (χ3n) is 3.60. The number of aromatic nitrogens is 1. The number of hydrogen-bond donors (Lipinski definition) is 2. The summed E-state index contributed by atoms with van der Waals surface area (Å²) in [4.78, 5) is 16.0. The van der Waals surface area contributed by atoms with Gasteiger partial charge in [-0.1, -0.05) is 11.6 Å². The molecular formula is C18H16ClN3O5S2. The van der Waals surface area contributed by atoms with E-state index in [2.05, 4.69) is 15.0 Å². The van der Waals surface area contributed by atoms with Crippen LogP contribution in [-0.2, 0) is 14.8 Å². The first-order chi connectivity index (χ1) is 13.9. The van der Waals surface area contributed by atoms with E-state index in [0.29, 0.717) is 22.2 Å². The minimum absolute atomic E-state index is 0.0481. The predicted molar refractivity (Wildman–Crippen MR) is 111 cm³/mol. The standard InChI is InChI=1S/C18H16ClN3O5S2/c1-26-13-4-7-16(15(19)10-13)27-11-17(23)21-12-2-5-14(6-3-12)29(24,25)22-18-20-8-9-28-18/h2-10H,11H2,1H3,(H,20,22)(H,21,23). The maximum atomic E-state index is 12.3. The number of nitrogens with one attached hydrogen (secondary N) is 2. The summed E-state index contributed by atoms with van der Waals surface area (Å²) in [5, 5.41) is 4.88. The SMILES string of the molecule is COc1ccc(OCC(=O)Nc2ccc(S(=O)(=O)Nc3nccs3)cc2)c(Cl)c1. The van der Waals surface area contributed by atoms with Crippen molar-refractivity contribution in [2.45, 2.75) is 4.90 Å². The Hall–Kier alpha value is -2.82. The highest BCUT2D eigenvalue weighted by atomic mass is 35.5. The number of amides is 1. The molecule has 0 saturated heterocycles. The van der Waals surface area contributed by atoms with Gasteiger partial charge in [-0.15, -0.1) is 11.3 Å². The van der Waals surface area contributed by atoms with Crippen molar-refractivity contribution in [1.29, 1.82) is 0 Å². The van der Waals surface area contributed by atoms with Crippen LogP contribution < -0.4 is 19.5 Å². The summed E-state index contributed by atoms with van der Waals surface area (Å²) in [7, 11) is -2.23. The lowest BCUT2D eigenvalue weighted by Gasteiger charge is -2.10. The van der Waals surface area contributed by atoms with E-state index in [4.69, 9.17) is 21.1 Å². The number of ether oxygens (including phenoxy) is 2. The van der Waals surface area contributed by atoms with E-state index >= 15 is 0 Å². The lowest BCUT2D eigenvalue weighted by Crippen LogP contribution is -2.20.